The van der Waals surface area contributed by atoms with Crippen LogP contribution in [0.5, 0.6) is 0 Å². The van der Waals surface area contributed by atoms with E-state index in [1.165, 1.54) is 42.5 Å². The number of nitrogens with one attached hydrogen (secondary N) is 1. The van der Waals surface area contributed by atoms with Gasteiger partial charge in [0.05, 0.1) is 17.1 Å². The van der Waals surface area contributed by atoms with Gasteiger partial charge in [-0.3, -0.25) is 9.69 Å². The number of sulfone groups is 1. The SMILES string of the molecule is CS(=O)(=O)c1ccc(C(=O)N2CCN(CC3=NS(=O)(=O)c4cccc(F)c4N3)CC2)cc1. The summed E-state index contributed by atoms with van der Waals surface area (Å²) in [6.45, 7) is 1.91. The number of fused-ring (bicyclic) bond motifs is 1. The molecule has 4 rings (SSSR count). The number of hydrogen-bond donors (Lipinski definition) is 1. The largest absolute Gasteiger partial charge is 0.338 e. The van der Waals surface area contributed by atoms with Gasteiger partial charge in [-0.2, -0.15) is 8.42 Å². The van der Waals surface area contributed by atoms with Crippen molar-refractivity contribution in [1.82, 2.24) is 9.80 Å². The van der Waals surface area contributed by atoms with Crippen molar-refractivity contribution in [3.63, 3.8) is 0 Å². The molecule has 2 heterocycles. The first-order chi connectivity index (χ1) is 15.0. The van der Waals surface area contributed by atoms with Crippen molar-refractivity contribution < 1.29 is 26.0 Å². The summed E-state index contributed by atoms with van der Waals surface area (Å²) in [4.78, 5) is 16.2. The van der Waals surface area contributed by atoms with Crippen molar-refractivity contribution in [2.75, 3.05) is 44.3 Å². The van der Waals surface area contributed by atoms with E-state index in [1.807, 2.05) is 4.90 Å². The van der Waals surface area contributed by atoms with Crippen LogP contribution in [-0.4, -0.2) is 77.4 Å². The third-order valence-electron chi connectivity index (χ3n) is 5.32. The maximum Gasteiger partial charge on any atom is 0.286 e. The molecule has 2 aromatic carbocycles. The molecule has 170 valence electrons. The predicted molar refractivity (Wildman–Crippen MR) is 117 cm³/mol. The summed E-state index contributed by atoms with van der Waals surface area (Å²) in [7, 11) is -7.32. The molecule has 32 heavy (non-hydrogen) atoms. The van der Waals surface area contributed by atoms with Gasteiger partial charge in [0.15, 0.2) is 9.84 Å². The van der Waals surface area contributed by atoms with Crippen molar-refractivity contribution in [2.24, 2.45) is 4.40 Å². The molecule has 0 spiro atoms. The Morgan fingerprint density at radius 3 is 2.38 bits per heavy atom. The molecular weight excluding hydrogens is 459 g/mol. The molecule has 2 aliphatic heterocycles. The highest BCUT2D eigenvalue weighted by atomic mass is 32.2. The maximum absolute atomic E-state index is 14.1. The second-order valence-electron chi connectivity index (χ2n) is 7.62. The van der Waals surface area contributed by atoms with Gasteiger partial charge >= 0.3 is 0 Å². The van der Waals surface area contributed by atoms with Crippen LogP contribution < -0.4 is 5.32 Å². The van der Waals surface area contributed by atoms with Gasteiger partial charge in [-0.15, -0.1) is 4.40 Å². The van der Waals surface area contributed by atoms with E-state index < -0.39 is 25.7 Å². The number of nitrogens with zero attached hydrogens (tertiary/aromatic N) is 3. The topological polar surface area (TPSA) is 116 Å². The quantitative estimate of drug-likeness (QED) is 0.699. The molecule has 1 N–H and O–H groups in total. The average Bonchev–Trinajstić information content (AvgIpc) is 2.74. The number of para-hydroxylation sites is 1. The zero-order valence-electron chi connectivity index (χ0n) is 17.2. The molecule has 0 atom stereocenters. The van der Waals surface area contributed by atoms with Gasteiger partial charge in [0.1, 0.15) is 16.5 Å². The highest BCUT2D eigenvalue weighted by Crippen LogP contribution is 2.29. The number of halogens is 1. The lowest BCUT2D eigenvalue weighted by Crippen LogP contribution is -2.50. The van der Waals surface area contributed by atoms with E-state index in [0.717, 1.165) is 6.26 Å². The number of amidine groups is 1. The lowest BCUT2D eigenvalue weighted by atomic mass is 10.2. The molecule has 0 bridgehead atoms. The molecule has 12 heteroatoms. The zero-order chi connectivity index (χ0) is 23.1. The number of sulfonamides is 1. The number of carbonyl (C=O) groups is 1. The summed E-state index contributed by atoms with van der Waals surface area (Å²) in [6, 6.07) is 9.58. The van der Waals surface area contributed by atoms with Crippen molar-refractivity contribution >= 4 is 37.3 Å². The predicted octanol–water partition coefficient (Wildman–Crippen LogP) is 1.20. The van der Waals surface area contributed by atoms with Crippen LogP contribution in [0, 0.1) is 5.82 Å². The summed E-state index contributed by atoms with van der Waals surface area (Å²) in [5, 5.41) is 2.77. The highest BCUT2D eigenvalue weighted by molar-refractivity contribution is 7.91. The van der Waals surface area contributed by atoms with Crippen LogP contribution in [0.3, 0.4) is 0 Å². The van der Waals surface area contributed by atoms with Crippen LogP contribution in [0.4, 0.5) is 10.1 Å². The second kappa shape index (κ2) is 8.26. The van der Waals surface area contributed by atoms with Crippen LogP contribution in [0.25, 0.3) is 0 Å². The van der Waals surface area contributed by atoms with Crippen LogP contribution in [0.2, 0.25) is 0 Å². The summed E-state index contributed by atoms with van der Waals surface area (Å²) in [6.07, 6.45) is 1.10. The van der Waals surface area contributed by atoms with Crippen LogP contribution in [0.1, 0.15) is 10.4 Å². The Balaban J connectivity index is 1.39. The number of piperazine rings is 1. The van der Waals surface area contributed by atoms with E-state index in [4.69, 9.17) is 0 Å². The first-order valence-electron chi connectivity index (χ1n) is 9.76. The minimum absolute atomic E-state index is 0.108. The first kappa shape index (κ1) is 22.4. The van der Waals surface area contributed by atoms with Gasteiger partial charge in [-0.05, 0) is 36.4 Å². The summed E-state index contributed by atoms with van der Waals surface area (Å²) >= 11 is 0. The molecule has 0 aromatic heterocycles. The first-order valence-corrected chi connectivity index (χ1v) is 13.1. The van der Waals surface area contributed by atoms with Crippen LogP contribution in [-0.2, 0) is 19.9 Å². The molecule has 2 aromatic rings. The molecule has 0 aliphatic carbocycles. The van der Waals surface area contributed by atoms with Gasteiger partial charge < -0.3 is 10.2 Å². The van der Waals surface area contributed by atoms with Gasteiger partial charge in [-0.1, -0.05) is 6.07 Å². The molecule has 1 amide bonds. The average molecular weight is 481 g/mol. The molecule has 9 nitrogen and oxygen atoms in total. The fourth-order valence-corrected chi connectivity index (χ4v) is 5.40. The smallest absolute Gasteiger partial charge is 0.286 e. The summed E-state index contributed by atoms with van der Waals surface area (Å²) in [5.74, 6) is -0.758. The van der Waals surface area contributed by atoms with E-state index >= 15 is 0 Å². The maximum atomic E-state index is 14.1. The highest BCUT2D eigenvalue weighted by Gasteiger charge is 2.29. The summed E-state index contributed by atoms with van der Waals surface area (Å²) < 4.78 is 65.7. The Morgan fingerprint density at radius 1 is 1.09 bits per heavy atom. The Bertz CT molecular complexity index is 1300. The summed E-state index contributed by atoms with van der Waals surface area (Å²) in [5.41, 5.74) is 0.284. The van der Waals surface area contributed by atoms with Gasteiger partial charge in [0, 0.05) is 38.0 Å². The standard InChI is InChI=1S/C20H21FN4O5S2/c1-31(27,28)15-7-5-14(6-8-15)20(26)25-11-9-24(10-12-25)13-18-22-19-16(21)3-2-4-17(19)32(29,30)23-18/h2-8H,9-13H2,1H3,(H,22,23). The van der Waals surface area contributed by atoms with E-state index in [1.54, 1.807) is 4.90 Å². The number of amides is 1. The minimum Gasteiger partial charge on any atom is -0.338 e. The Morgan fingerprint density at radius 2 is 1.75 bits per heavy atom. The number of anilines is 1. The van der Waals surface area contributed by atoms with Gasteiger partial charge in [-0.25, -0.2) is 12.8 Å². The van der Waals surface area contributed by atoms with E-state index in [2.05, 4.69) is 9.71 Å². The van der Waals surface area contributed by atoms with E-state index in [0.29, 0.717) is 31.7 Å². The number of rotatable bonds is 4. The molecule has 0 unspecified atom stereocenters. The zero-order valence-corrected chi connectivity index (χ0v) is 18.8. The monoisotopic (exact) mass is 480 g/mol. The Hall–Kier alpha value is -2.83. The third kappa shape index (κ3) is 4.52. The lowest BCUT2D eigenvalue weighted by Gasteiger charge is -2.35. The van der Waals surface area contributed by atoms with Crippen LogP contribution >= 0.6 is 0 Å². The second-order valence-corrected chi connectivity index (χ2v) is 11.2. The number of benzene rings is 2. The van der Waals surface area contributed by atoms with Crippen LogP contribution in [0.15, 0.2) is 56.7 Å². The molecule has 2 aliphatic rings. The molecule has 1 saturated heterocycles. The Kier molecular flexibility index (Phi) is 5.77. The van der Waals surface area contributed by atoms with Crippen molar-refractivity contribution in [1.29, 1.82) is 0 Å². The van der Waals surface area contributed by atoms with Gasteiger partial charge in [0.25, 0.3) is 15.9 Å². The minimum atomic E-state index is -3.99. The molecule has 1 fully saturated rings. The Labute approximate surface area is 185 Å². The lowest BCUT2D eigenvalue weighted by molar-refractivity contribution is 0.0654. The van der Waals surface area contributed by atoms with Gasteiger partial charge in [0.2, 0.25) is 0 Å². The van der Waals surface area contributed by atoms with Crippen molar-refractivity contribution in [3.05, 3.63) is 53.8 Å². The van der Waals surface area contributed by atoms with Crippen molar-refractivity contribution in [2.45, 2.75) is 9.79 Å². The fraction of sp³-hybridized carbons (Fsp3) is 0.300. The van der Waals surface area contributed by atoms with E-state index in [-0.39, 0.29) is 33.8 Å². The molecule has 0 radical (unpaired) electrons. The molecule has 0 saturated carbocycles. The normalized spacial score (nSPS) is 18.4. The molecular formula is C20H21FN4O5S2. The van der Waals surface area contributed by atoms with E-state index in [9.17, 15) is 26.0 Å². The van der Waals surface area contributed by atoms with Crippen molar-refractivity contribution in [3.8, 4) is 0 Å². The number of hydrogen-bond acceptors (Lipinski definition) is 7. The fourth-order valence-electron chi connectivity index (χ4n) is 3.62. The number of carbonyl (C=O) groups excluding carboxylic acids is 1. The third-order valence-corrected chi connectivity index (χ3v) is 7.80.